The van der Waals surface area contributed by atoms with Gasteiger partial charge in [-0.05, 0) is 75.7 Å². The van der Waals surface area contributed by atoms with Crippen LogP contribution in [0.25, 0.3) is 10.9 Å². The van der Waals surface area contributed by atoms with E-state index in [1.165, 1.54) is 37.1 Å². The number of rotatable bonds is 14. The van der Waals surface area contributed by atoms with E-state index in [9.17, 15) is 14.4 Å². The molecule has 242 valence electrons. The Kier molecular flexibility index (Phi) is 12.5. The second kappa shape index (κ2) is 16.5. The van der Waals surface area contributed by atoms with Gasteiger partial charge < -0.3 is 31.6 Å². The zero-order valence-electron chi connectivity index (χ0n) is 26.8. The number of likely N-dealkylation sites (tertiary alicyclic amines) is 1. The number of carbonyl (C=O) groups excluding carboxylic acids is 3. The molecule has 0 bridgehead atoms. The first-order chi connectivity index (χ1) is 21.3. The standard InChI is InChI=1S/C33H52N8O3/c1-4-41-22-25(21-40-17-8-9-18-40)27-15-14-26(20-30(27)41)38-32(44)29(19-24-11-6-5-7-12-24)39-31(43)28(37-23(2)42)13-10-16-36-33(34)35-3/h14-15,20,22,24,28-29H,4-13,16-19,21H2,1-3H3,(H,37,42)(H,38,44)(H,39,43)(H3,34,35,36)/t28-,29-/m0/s1. The van der Waals surface area contributed by atoms with Crippen LogP contribution in [-0.4, -0.2) is 71.9 Å². The van der Waals surface area contributed by atoms with Gasteiger partial charge in [-0.15, -0.1) is 0 Å². The molecule has 2 aromatic rings. The van der Waals surface area contributed by atoms with Crippen molar-refractivity contribution in [2.45, 2.75) is 103 Å². The number of nitrogens with two attached hydrogens (primary N) is 1. The Morgan fingerprint density at radius 1 is 1.02 bits per heavy atom. The van der Waals surface area contributed by atoms with Crippen LogP contribution < -0.4 is 27.0 Å². The van der Waals surface area contributed by atoms with E-state index in [1.54, 1.807) is 7.05 Å². The van der Waals surface area contributed by atoms with Gasteiger partial charge in [0.2, 0.25) is 17.7 Å². The molecule has 1 aromatic carbocycles. The number of nitrogens with one attached hydrogen (secondary N) is 4. The molecule has 6 N–H and O–H groups in total. The van der Waals surface area contributed by atoms with Crippen LogP contribution in [0.1, 0.15) is 83.6 Å². The van der Waals surface area contributed by atoms with Crippen molar-refractivity contribution >= 4 is 40.3 Å². The van der Waals surface area contributed by atoms with Crippen LogP contribution >= 0.6 is 0 Å². The Hall–Kier alpha value is -3.60. The molecule has 2 atom stereocenters. The van der Waals surface area contributed by atoms with Crippen molar-refractivity contribution in [3.63, 3.8) is 0 Å². The van der Waals surface area contributed by atoms with E-state index in [0.717, 1.165) is 57.4 Å². The summed E-state index contributed by atoms with van der Waals surface area (Å²) < 4.78 is 2.24. The van der Waals surface area contributed by atoms with Crippen molar-refractivity contribution in [1.82, 2.24) is 25.4 Å². The summed E-state index contributed by atoms with van der Waals surface area (Å²) in [6.45, 7) is 8.10. The Labute approximate surface area is 261 Å². The summed E-state index contributed by atoms with van der Waals surface area (Å²) >= 11 is 0. The van der Waals surface area contributed by atoms with Crippen molar-refractivity contribution in [2.75, 3.05) is 32.0 Å². The number of anilines is 1. The zero-order valence-corrected chi connectivity index (χ0v) is 26.8. The maximum atomic E-state index is 13.8. The van der Waals surface area contributed by atoms with Gasteiger partial charge in [-0.2, -0.15) is 0 Å². The highest BCUT2D eigenvalue weighted by Gasteiger charge is 2.29. The first-order valence-corrected chi connectivity index (χ1v) is 16.5. The Morgan fingerprint density at radius 2 is 1.77 bits per heavy atom. The molecule has 11 nitrogen and oxygen atoms in total. The Balaban J connectivity index is 1.48. The van der Waals surface area contributed by atoms with E-state index in [2.05, 4.69) is 54.9 Å². The fourth-order valence-electron chi connectivity index (χ4n) is 6.62. The lowest BCUT2D eigenvalue weighted by atomic mass is 9.84. The van der Waals surface area contributed by atoms with Gasteiger partial charge in [0.05, 0.1) is 5.52 Å². The third-order valence-corrected chi connectivity index (χ3v) is 9.00. The first-order valence-electron chi connectivity index (χ1n) is 16.5. The van der Waals surface area contributed by atoms with Crippen LogP contribution in [0.4, 0.5) is 5.69 Å². The molecule has 0 unspecified atom stereocenters. The molecule has 0 radical (unpaired) electrons. The summed E-state index contributed by atoms with van der Waals surface area (Å²) in [6.07, 6.45) is 11.9. The maximum Gasteiger partial charge on any atom is 0.246 e. The van der Waals surface area contributed by atoms with Gasteiger partial charge in [0.15, 0.2) is 5.96 Å². The van der Waals surface area contributed by atoms with Crippen molar-refractivity contribution < 1.29 is 14.4 Å². The molecule has 1 saturated heterocycles. The van der Waals surface area contributed by atoms with Gasteiger partial charge >= 0.3 is 0 Å². The predicted octanol–water partition coefficient (Wildman–Crippen LogP) is 3.47. The maximum absolute atomic E-state index is 13.8. The summed E-state index contributed by atoms with van der Waals surface area (Å²) in [5.74, 6) is -0.188. The van der Waals surface area contributed by atoms with Crippen molar-refractivity contribution in [1.29, 1.82) is 0 Å². The average molecular weight is 609 g/mol. The summed E-state index contributed by atoms with van der Waals surface area (Å²) in [5, 5.41) is 13.1. The zero-order chi connectivity index (χ0) is 31.5. The number of hydrogen-bond acceptors (Lipinski definition) is 5. The highest BCUT2D eigenvalue weighted by Crippen LogP contribution is 2.29. The average Bonchev–Trinajstić information content (AvgIpc) is 3.66. The van der Waals surface area contributed by atoms with Crippen molar-refractivity contribution in [3.05, 3.63) is 30.0 Å². The molecule has 1 aliphatic carbocycles. The van der Waals surface area contributed by atoms with E-state index >= 15 is 0 Å². The second-order valence-corrected chi connectivity index (χ2v) is 12.4. The van der Waals surface area contributed by atoms with E-state index in [4.69, 9.17) is 5.73 Å². The number of fused-ring (bicyclic) bond motifs is 1. The molecule has 1 saturated carbocycles. The smallest absolute Gasteiger partial charge is 0.246 e. The lowest BCUT2D eigenvalue weighted by molar-refractivity contribution is -0.130. The predicted molar refractivity (Wildman–Crippen MR) is 176 cm³/mol. The topological polar surface area (TPSA) is 146 Å². The van der Waals surface area contributed by atoms with E-state index < -0.39 is 12.1 Å². The van der Waals surface area contributed by atoms with Crippen LogP contribution in [0.2, 0.25) is 0 Å². The lowest BCUT2D eigenvalue weighted by Crippen LogP contribution is -2.53. The highest BCUT2D eigenvalue weighted by molar-refractivity contribution is 6.00. The summed E-state index contributed by atoms with van der Waals surface area (Å²) in [7, 11) is 1.60. The quantitative estimate of drug-likeness (QED) is 0.126. The number of amides is 3. The molecule has 1 aromatic heterocycles. The molecule has 44 heavy (non-hydrogen) atoms. The van der Waals surface area contributed by atoms with Crippen LogP contribution in [0, 0.1) is 5.92 Å². The van der Waals surface area contributed by atoms with Gasteiger partial charge in [0, 0.05) is 50.9 Å². The van der Waals surface area contributed by atoms with Gasteiger partial charge in [-0.3, -0.25) is 24.3 Å². The Morgan fingerprint density at radius 3 is 2.45 bits per heavy atom. The molecule has 3 amide bonds. The molecule has 2 heterocycles. The van der Waals surface area contributed by atoms with Crippen LogP contribution in [-0.2, 0) is 27.5 Å². The SMILES string of the molecule is CCn1cc(CN2CCCC2)c2ccc(NC(=O)[C@H](CC3CCCCC3)NC(=O)[C@H](CCCNC(N)=NC)NC(C)=O)cc21. The number of aliphatic imine (C=N–C) groups is 1. The van der Waals surface area contributed by atoms with Crippen molar-refractivity contribution in [2.24, 2.45) is 16.6 Å². The number of aryl methyl sites for hydroxylation is 1. The minimum absolute atomic E-state index is 0.231. The molecule has 0 spiro atoms. The third kappa shape index (κ3) is 9.45. The molecule has 2 aliphatic rings. The normalized spacial score (nSPS) is 17.8. The number of hydrogen-bond donors (Lipinski definition) is 5. The number of guanidine groups is 1. The Bertz CT molecular complexity index is 1290. The molecule has 11 heteroatoms. The minimum atomic E-state index is -0.756. The molecule has 1 aliphatic heterocycles. The molecule has 4 rings (SSSR count). The summed E-state index contributed by atoms with van der Waals surface area (Å²) in [5.41, 5.74) is 8.83. The monoisotopic (exact) mass is 608 g/mol. The van der Waals surface area contributed by atoms with Crippen molar-refractivity contribution in [3.8, 4) is 0 Å². The minimum Gasteiger partial charge on any atom is -0.370 e. The fourth-order valence-corrected chi connectivity index (χ4v) is 6.62. The number of aromatic nitrogens is 1. The lowest BCUT2D eigenvalue weighted by Gasteiger charge is -2.28. The van der Waals surface area contributed by atoms with Crippen LogP contribution in [0.5, 0.6) is 0 Å². The van der Waals surface area contributed by atoms with Crippen LogP contribution in [0.3, 0.4) is 0 Å². The summed E-state index contributed by atoms with van der Waals surface area (Å²) in [6, 6.07) is 4.65. The van der Waals surface area contributed by atoms with Gasteiger partial charge in [-0.25, -0.2) is 0 Å². The largest absolute Gasteiger partial charge is 0.370 e. The first kappa shape index (κ1) is 33.3. The molecule has 2 fully saturated rings. The third-order valence-electron chi connectivity index (χ3n) is 9.00. The van der Waals surface area contributed by atoms with Gasteiger partial charge in [0.25, 0.3) is 0 Å². The number of carbonyl (C=O) groups is 3. The fraction of sp³-hybridized carbons (Fsp3) is 0.636. The van der Waals surface area contributed by atoms with E-state index in [-0.39, 0.29) is 17.7 Å². The van der Waals surface area contributed by atoms with E-state index in [1.807, 2.05) is 12.1 Å². The number of nitrogens with zero attached hydrogens (tertiary/aromatic N) is 3. The van der Waals surface area contributed by atoms with Gasteiger partial charge in [0.1, 0.15) is 12.1 Å². The molecular weight excluding hydrogens is 556 g/mol. The highest BCUT2D eigenvalue weighted by atomic mass is 16.2. The van der Waals surface area contributed by atoms with Gasteiger partial charge in [-0.1, -0.05) is 38.2 Å². The second-order valence-electron chi connectivity index (χ2n) is 12.4. The summed E-state index contributed by atoms with van der Waals surface area (Å²) in [4.78, 5) is 45.6. The number of benzene rings is 1. The molecular formula is C33H52N8O3. The van der Waals surface area contributed by atoms with Crippen LogP contribution in [0.15, 0.2) is 29.4 Å². The van der Waals surface area contributed by atoms with E-state index in [0.29, 0.717) is 43.4 Å².